The number of carbonyl (C=O) groups excluding carboxylic acids is 1. The third-order valence-corrected chi connectivity index (χ3v) is 2.54. The van der Waals surface area contributed by atoms with Crippen molar-refractivity contribution in [3.05, 3.63) is 30.1 Å². The normalized spacial score (nSPS) is 14.3. The number of rotatable bonds is 4. The molecular weight excluding hydrogens is 190 g/mol. The van der Waals surface area contributed by atoms with Gasteiger partial charge in [-0.3, -0.25) is 9.78 Å². The first-order valence-electron chi connectivity index (χ1n) is 5.05. The Labute approximate surface area is 89.9 Å². The number of hydrogen-bond acceptors (Lipinski definition) is 3. The lowest BCUT2D eigenvalue weighted by Gasteiger charge is -2.27. The average molecular weight is 207 g/mol. The second kappa shape index (κ2) is 4.89. The number of nitrogens with one attached hydrogen (secondary N) is 1. The van der Waals surface area contributed by atoms with E-state index in [-0.39, 0.29) is 11.4 Å². The van der Waals surface area contributed by atoms with Crippen molar-refractivity contribution in [2.24, 2.45) is 5.73 Å². The second-order valence-corrected chi connectivity index (χ2v) is 3.79. The Morgan fingerprint density at radius 2 is 2.33 bits per heavy atom. The molecule has 1 heterocycles. The zero-order valence-electron chi connectivity index (χ0n) is 9.16. The van der Waals surface area contributed by atoms with Crippen LogP contribution in [0.2, 0.25) is 0 Å². The Hall–Kier alpha value is -1.42. The molecule has 1 aromatic heterocycles. The first kappa shape index (κ1) is 11.7. The van der Waals surface area contributed by atoms with Gasteiger partial charge < -0.3 is 11.1 Å². The SMILES string of the molecule is CCC(C)(CN)NC(=O)c1ccccn1. The summed E-state index contributed by atoms with van der Waals surface area (Å²) in [5, 5.41) is 2.88. The van der Waals surface area contributed by atoms with Crippen molar-refractivity contribution in [2.45, 2.75) is 25.8 Å². The highest BCUT2D eigenvalue weighted by molar-refractivity contribution is 5.92. The second-order valence-electron chi connectivity index (χ2n) is 3.79. The summed E-state index contributed by atoms with van der Waals surface area (Å²) >= 11 is 0. The van der Waals surface area contributed by atoms with E-state index >= 15 is 0 Å². The molecule has 15 heavy (non-hydrogen) atoms. The maximum atomic E-state index is 11.7. The lowest BCUT2D eigenvalue weighted by Crippen LogP contribution is -2.51. The molecule has 1 atom stereocenters. The molecule has 4 nitrogen and oxygen atoms in total. The molecule has 1 aromatic rings. The minimum atomic E-state index is -0.353. The summed E-state index contributed by atoms with van der Waals surface area (Å²) in [5.74, 6) is -0.176. The molecule has 3 N–H and O–H groups in total. The fraction of sp³-hybridized carbons (Fsp3) is 0.455. The quantitative estimate of drug-likeness (QED) is 0.772. The zero-order chi connectivity index (χ0) is 11.3. The maximum Gasteiger partial charge on any atom is 0.270 e. The van der Waals surface area contributed by atoms with Crippen LogP contribution < -0.4 is 11.1 Å². The first-order valence-corrected chi connectivity index (χ1v) is 5.05. The number of nitrogens with zero attached hydrogens (tertiary/aromatic N) is 1. The standard InChI is InChI=1S/C11H17N3O/c1-3-11(2,8-12)14-10(15)9-6-4-5-7-13-9/h4-7H,3,8,12H2,1-2H3,(H,14,15). The van der Waals surface area contributed by atoms with Gasteiger partial charge in [-0.1, -0.05) is 13.0 Å². The Bertz CT molecular complexity index is 320. The molecule has 1 unspecified atom stereocenters. The van der Waals surface area contributed by atoms with E-state index in [0.29, 0.717) is 12.2 Å². The fourth-order valence-corrected chi connectivity index (χ4v) is 1.12. The first-order chi connectivity index (χ1) is 7.11. The van der Waals surface area contributed by atoms with Crippen LogP contribution in [-0.4, -0.2) is 23.0 Å². The molecule has 0 radical (unpaired) electrons. The summed E-state index contributed by atoms with van der Waals surface area (Å²) in [6, 6.07) is 5.24. The highest BCUT2D eigenvalue weighted by Crippen LogP contribution is 2.07. The van der Waals surface area contributed by atoms with Crippen LogP contribution in [0.3, 0.4) is 0 Å². The van der Waals surface area contributed by atoms with Gasteiger partial charge in [-0.2, -0.15) is 0 Å². The molecule has 0 aliphatic heterocycles. The Kier molecular flexibility index (Phi) is 3.80. The molecule has 0 aliphatic carbocycles. The van der Waals surface area contributed by atoms with Gasteiger partial charge in [-0.05, 0) is 25.5 Å². The van der Waals surface area contributed by atoms with Crippen LogP contribution in [0.5, 0.6) is 0 Å². The van der Waals surface area contributed by atoms with Gasteiger partial charge in [0.2, 0.25) is 0 Å². The van der Waals surface area contributed by atoms with E-state index in [1.54, 1.807) is 24.4 Å². The van der Waals surface area contributed by atoms with Crippen LogP contribution in [0, 0.1) is 0 Å². The van der Waals surface area contributed by atoms with Crippen LogP contribution in [0.4, 0.5) is 0 Å². The van der Waals surface area contributed by atoms with E-state index in [1.807, 2.05) is 13.8 Å². The number of pyridine rings is 1. The number of carbonyl (C=O) groups is 1. The van der Waals surface area contributed by atoms with E-state index in [9.17, 15) is 4.79 Å². The lowest BCUT2D eigenvalue weighted by atomic mass is 9.99. The largest absolute Gasteiger partial charge is 0.344 e. The summed E-state index contributed by atoms with van der Waals surface area (Å²) in [7, 11) is 0. The van der Waals surface area contributed by atoms with Crippen LogP contribution >= 0.6 is 0 Å². The van der Waals surface area contributed by atoms with Crippen molar-refractivity contribution in [1.82, 2.24) is 10.3 Å². The van der Waals surface area contributed by atoms with Crippen LogP contribution in [0.15, 0.2) is 24.4 Å². The molecule has 0 aromatic carbocycles. The number of amides is 1. The number of aromatic nitrogens is 1. The summed E-state index contributed by atoms with van der Waals surface area (Å²) in [5.41, 5.74) is 5.68. The fourth-order valence-electron chi connectivity index (χ4n) is 1.12. The third-order valence-electron chi connectivity index (χ3n) is 2.54. The smallest absolute Gasteiger partial charge is 0.270 e. The van der Waals surface area contributed by atoms with E-state index in [0.717, 1.165) is 6.42 Å². The molecule has 0 bridgehead atoms. The Morgan fingerprint density at radius 1 is 1.60 bits per heavy atom. The van der Waals surface area contributed by atoms with Gasteiger partial charge in [-0.15, -0.1) is 0 Å². The van der Waals surface area contributed by atoms with Gasteiger partial charge in [0.25, 0.3) is 5.91 Å². The van der Waals surface area contributed by atoms with Crippen molar-refractivity contribution in [3.63, 3.8) is 0 Å². The van der Waals surface area contributed by atoms with Crippen LogP contribution in [-0.2, 0) is 0 Å². The van der Waals surface area contributed by atoms with Crippen molar-refractivity contribution >= 4 is 5.91 Å². The van der Waals surface area contributed by atoms with Gasteiger partial charge in [0.15, 0.2) is 0 Å². The minimum Gasteiger partial charge on any atom is -0.344 e. The molecule has 82 valence electrons. The highest BCUT2D eigenvalue weighted by atomic mass is 16.2. The topological polar surface area (TPSA) is 68.0 Å². The van der Waals surface area contributed by atoms with Crippen LogP contribution in [0.1, 0.15) is 30.8 Å². The summed E-state index contributed by atoms with van der Waals surface area (Å²) in [6.45, 7) is 4.33. The van der Waals surface area contributed by atoms with Gasteiger partial charge in [0.1, 0.15) is 5.69 Å². The minimum absolute atomic E-state index is 0.176. The highest BCUT2D eigenvalue weighted by Gasteiger charge is 2.23. The molecule has 4 heteroatoms. The molecule has 0 aliphatic rings. The molecular formula is C11H17N3O. The summed E-state index contributed by atoms with van der Waals surface area (Å²) in [6.07, 6.45) is 2.39. The van der Waals surface area contributed by atoms with Crippen LogP contribution in [0.25, 0.3) is 0 Å². The average Bonchev–Trinajstić information content (AvgIpc) is 2.30. The third kappa shape index (κ3) is 3.02. The van der Waals surface area contributed by atoms with Gasteiger partial charge in [0.05, 0.1) is 0 Å². The Morgan fingerprint density at radius 3 is 2.80 bits per heavy atom. The lowest BCUT2D eigenvalue weighted by molar-refractivity contribution is 0.0901. The predicted octanol–water partition coefficient (Wildman–Crippen LogP) is 0.939. The predicted molar refractivity (Wildman–Crippen MR) is 59.5 cm³/mol. The van der Waals surface area contributed by atoms with Crippen molar-refractivity contribution in [1.29, 1.82) is 0 Å². The number of nitrogens with two attached hydrogens (primary N) is 1. The maximum absolute atomic E-state index is 11.7. The summed E-state index contributed by atoms with van der Waals surface area (Å²) < 4.78 is 0. The molecule has 1 amide bonds. The van der Waals surface area contributed by atoms with E-state index in [4.69, 9.17) is 5.73 Å². The van der Waals surface area contributed by atoms with E-state index in [1.165, 1.54) is 0 Å². The summed E-state index contributed by atoms with van der Waals surface area (Å²) in [4.78, 5) is 15.7. The van der Waals surface area contributed by atoms with E-state index in [2.05, 4.69) is 10.3 Å². The molecule has 0 saturated carbocycles. The number of hydrogen-bond donors (Lipinski definition) is 2. The van der Waals surface area contributed by atoms with Crippen molar-refractivity contribution < 1.29 is 4.79 Å². The van der Waals surface area contributed by atoms with Gasteiger partial charge in [0, 0.05) is 18.3 Å². The van der Waals surface area contributed by atoms with Crippen molar-refractivity contribution in [2.75, 3.05) is 6.54 Å². The van der Waals surface area contributed by atoms with Gasteiger partial charge in [-0.25, -0.2) is 0 Å². The van der Waals surface area contributed by atoms with Crippen molar-refractivity contribution in [3.8, 4) is 0 Å². The molecule has 0 spiro atoms. The zero-order valence-corrected chi connectivity index (χ0v) is 9.16. The van der Waals surface area contributed by atoms with E-state index < -0.39 is 0 Å². The molecule has 1 rings (SSSR count). The molecule has 0 saturated heterocycles. The van der Waals surface area contributed by atoms with Gasteiger partial charge >= 0.3 is 0 Å². The monoisotopic (exact) mass is 207 g/mol. The molecule has 0 fully saturated rings. The Balaban J connectivity index is 2.72.